The Labute approximate surface area is 85.6 Å². The van der Waals surface area contributed by atoms with E-state index < -0.39 is 26.9 Å². The second kappa shape index (κ2) is 2.82. The van der Waals surface area contributed by atoms with E-state index in [0.29, 0.717) is 12.8 Å². The number of carbonyl (C=O) groups excluding carboxylic acids is 1. The lowest BCUT2D eigenvalue weighted by Gasteiger charge is -2.51. The van der Waals surface area contributed by atoms with Crippen LogP contribution in [0.5, 0.6) is 0 Å². The van der Waals surface area contributed by atoms with Crippen LogP contribution in [0.4, 0.5) is 4.39 Å². The Kier molecular flexibility index (Phi) is 2.05. The zero-order valence-corrected chi connectivity index (χ0v) is 8.81. The summed E-state index contributed by atoms with van der Waals surface area (Å²) in [6.45, 7) is 0. The minimum atomic E-state index is -4.26. The molecule has 0 N–H and O–H groups in total. The molecule has 0 aromatic rings. The average molecular weight is 242 g/mol. The highest BCUT2D eigenvalue weighted by Crippen LogP contribution is 2.50. The summed E-state index contributed by atoms with van der Waals surface area (Å²) in [5.74, 6) is -3.55. The lowest BCUT2D eigenvalue weighted by molar-refractivity contribution is -0.185. The minimum absolute atomic E-state index is 0.0648. The lowest BCUT2D eigenvalue weighted by atomic mass is 9.76. The summed E-state index contributed by atoms with van der Waals surface area (Å²) in [5, 5.41) is 0. The van der Waals surface area contributed by atoms with Crippen LogP contribution in [0.3, 0.4) is 0 Å². The summed E-state index contributed by atoms with van der Waals surface area (Å²) < 4.78 is 36.0. The van der Waals surface area contributed by atoms with Gasteiger partial charge in [0.05, 0.1) is 5.92 Å². The van der Waals surface area contributed by atoms with Gasteiger partial charge in [0.1, 0.15) is 0 Å². The molecule has 0 aromatic carbocycles. The van der Waals surface area contributed by atoms with Gasteiger partial charge in [-0.3, -0.25) is 4.79 Å². The molecule has 2 fully saturated rings. The number of hydrogen-bond acceptors (Lipinski definition) is 3. The molecule has 1 aliphatic heterocycles. The van der Waals surface area contributed by atoms with Crippen molar-refractivity contribution in [3.63, 3.8) is 0 Å². The lowest BCUT2D eigenvalue weighted by Crippen LogP contribution is -2.70. The number of amides is 1. The maximum atomic E-state index is 14.0. The van der Waals surface area contributed by atoms with Gasteiger partial charge in [0, 0.05) is 17.1 Å². The van der Waals surface area contributed by atoms with Gasteiger partial charge in [0.25, 0.3) is 0 Å². The summed E-state index contributed by atoms with van der Waals surface area (Å²) in [4.78, 5) is 11.3. The third kappa shape index (κ3) is 1.16. The van der Waals surface area contributed by atoms with Crippen molar-refractivity contribution in [3.05, 3.63) is 0 Å². The van der Waals surface area contributed by atoms with Crippen molar-refractivity contribution in [1.29, 1.82) is 0 Å². The van der Waals surface area contributed by atoms with E-state index in [2.05, 4.69) is 0 Å². The van der Waals surface area contributed by atoms with E-state index in [0.717, 1.165) is 6.42 Å². The normalized spacial score (nSPS) is 37.7. The second-order valence-corrected chi connectivity index (χ2v) is 6.02. The zero-order chi connectivity index (χ0) is 10.6. The van der Waals surface area contributed by atoms with Crippen molar-refractivity contribution < 1.29 is 17.6 Å². The molecule has 0 unspecified atom stereocenters. The molecular formula is C7H9ClFNO3S. The first-order valence-electron chi connectivity index (χ1n) is 4.35. The topological polar surface area (TPSA) is 54.5 Å². The number of carbonyl (C=O) groups is 1. The fraction of sp³-hybridized carbons (Fsp3) is 0.857. The van der Waals surface area contributed by atoms with Crippen LogP contribution in [-0.2, 0) is 14.0 Å². The minimum Gasteiger partial charge on any atom is -0.273 e. The smallest absolute Gasteiger partial charge is 0.273 e. The first-order valence-corrected chi connectivity index (χ1v) is 6.62. The van der Waals surface area contributed by atoms with Gasteiger partial charge in [-0.15, -0.1) is 0 Å². The summed E-state index contributed by atoms with van der Waals surface area (Å²) in [6.07, 6.45) is 1.83. The molecule has 80 valence electrons. The van der Waals surface area contributed by atoms with Crippen LogP contribution in [0.2, 0.25) is 0 Å². The predicted molar refractivity (Wildman–Crippen MR) is 47.4 cm³/mol. The van der Waals surface area contributed by atoms with Crippen molar-refractivity contribution in [2.75, 3.05) is 0 Å². The van der Waals surface area contributed by atoms with Crippen LogP contribution < -0.4 is 0 Å². The summed E-state index contributed by atoms with van der Waals surface area (Å²) in [6, 6.07) is 0. The number of nitrogens with zero attached hydrogens (tertiary/aromatic N) is 1. The number of alkyl halides is 1. The molecule has 4 nitrogen and oxygen atoms in total. The third-order valence-electron chi connectivity index (χ3n) is 2.86. The van der Waals surface area contributed by atoms with Crippen LogP contribution in [0, 0.1) is 5.92 Å². The molecule has 0 spiro atoms. The van der Waals surface area contributed by atoms with E-state index in [1.54, 1.807) is 0 Å². The standard InChI is InChI=1S/C7H9ClFNO3S/c8-14(12,13)10-6(11)5-3-1-2-4-7(5,10)9/h5H,1-4H2/t5-,7-/m0/s1. The monoisotopic (exact) mass is 241 g/mol. The quantitative estimate of drug-likeness (QED) is 0.393. The molecule has 1 saturated heterocycles. The Hall–Kier alpha value is -0.360. The van der Waals surface area contributed by atoms with Crippen LogP contribution >= 0.6 is 10.7 Å². The second-order valence-electron chi connectivity index (χ2n) is 3.66. The Balaban J connectivity index is 2.34. The van der Waals surface area contributed by atoms with Crippen LogP contribution in [-0.4, -0.2) is 24.4 Å². The molecule has 0 aromatic heterocycles. The van der Waals surface area contributed by atoms with E-state index in [-0.39, 0.29) is 10.7 Å². The van der Waals surface area contributed by atoms with Crippen molar-refractivity contribution in [2.45, 2.75) is 31.5 Å². The van der Waals surface area contributed by atoms with Gasteiger partial charge in [-0.25, -0.2) is 4.39 Å². The van der Waals surface area contributed by atoms with Crippen LogP contribution in [0.15, 0.2) is 0 Å². The van der Waals surface area contributed by atoms with Gasteiger partial charge in [-0.2, -0.15) is 12.7 Å². The van der Waals surface area contributed by atoms with Gasteiger partial charge in [-0.05, 0) is 12.8 Å². The van der Waals surface area contributed by atoms with Gasteiger partial charge >= 0.3 is 9.24 Å². The summed E-state index contributed by atoms with van der Waals surface area (Å²) >= 11 is 0. The molecule has 2 aliphatic rings. The highest BCUT2D eigenvalue weighted by atomic mass is 35.7. The maximum Gasteiger partial charge on any atom is 0.326 e. The highest BCUT2D eigenvalue weighted by Gasteiger charge is 2.66. The number of fused-ring (bicyclic) bond motifs is 1. The highest BCUT2D eigenvalue weighted by molar-refractivity contribution is 8.12. The third-order valence-corrected chi connectivity index (χ3v) is 4.19. The molecule has 2 atom stereocenters. The van der Waals surface area contributed by atoms with Crippen molar-refractivity contribution >= 4 is 25.8 Å². The van der Waals surface area contributed by atoms with E-state index in [1.165, 1.54) is 0 Å². The van der Waals surface area contributed by atoms with E-state index in [4.69, 9.17) is 10.7 Å². The van der Waals surface area contributed by atoms with E-state index in [1.807, 2.05) is 0 Å². The van der Waals surface area contributed by atoms with E-state index >= 15 is 0 Å². The molecule has 1 amide bonds. The SMILES string of the molecule is O=C1[C@@H]2CCCC[C@]2(F)N1S(=O)(=O)Cl. The van der Waals surface area contributed by atoms with Gasteiger partial charge in [0.15, 0.2) is 0 Å². The van der Waals surface area contributed by atoms with Crippen LogP contribution in [0.1, 0.15) is 25.7 Å². The zero-order valence-electron chi connectivity index (χ0n) is 7.24. The molecule has 7 heteroatoms. The summed E-state index contributed by atoms with van der Waals surface area (Å²) in [5.41, 5.74) is 0. The first-order chi connectivity index (χ1) is 6.37. The van der Waals surface area contributed by atoms with Gasteiger partial charge in [-0.1, -0.05) is 6.42 Å². The van der Waals surface area contributed by atoms with Crippen LogP contribution in [0.25, 0.3) is 0 Å². The molecular weight excluding hydrogens is 233 g/mol. The number of rotatable bonds is 1. The maximum absolute atomic E-state index is 14.0. The fourth-order valence-electron chi connectivity index (χ4n) is 2.22. The Bertz CT molecular complexity index is 384. The number of hydrogen-bond donors (Lipinski definition) is 0. The predicted octanol–water partition coefficient (Wildman–Crippen LogP) is 1.17. The fourth-order valence-corrected chi connectivity index (χ4v) is 3.69. The molecule has 1 heterocycles. The van der Waals surface area contributed by atoms with Crippen molar-refractivity contribution in [1.82, 2.24) is 4.31 Å². The van der Waals surface area contributed by atoms with Crippen molar-refractivity contribution in [2.24, 2.45) is 5.92 Å². The average Bonchev–Trinajstić information content (AvgIpc) is 2.00. The molecule has 1 aliphatic carbocycles. The molecule has 0 bridgehead atoms. The van der Waals surface area contributed by atoms with Gasteiger partial charge < -0.3 is 0 Å². The molecule has 2 rings (SSSR count). The number of β-lactam (4-membered cyclic amide) rings is 1. The van der Waals surface area contributed by atoms with Crippen molar-refractivity contribution in [3.8, 4) is 0 Å². The molecule has 1 saturated carbocycles. The Morgan fingerprint density at radius 3 is 2.71 bits per heavy atom. The largest absolute Gasteiger partial charge is 0.326 e. The van der Waals surface area contributed by atoms with Gasteiger partial charge in [0.2, 0.25) is 11.7 Å². The molecule has 0 radical (unpaired) electrons. The number of halogens is 2. The molecule has 14 heavy (non-hydrogen) atoms. The first kappa shape index (κ1) is 10.2. The summed E-state index contributed by atoms with van der Waals surface area (Å²) in [7, 11) is 0.714. The Morgan fingerprint density at radius 2 is 2.14 bits per heavy atom. The van der Waals surface area contributed by atoms with E-state index in [9.17, 15) is 17.6 Å². The Morgan fingerprint density at radius 1 is 1.50 bits per heavy atom.